The van der Waals surface area contributed by atoms with Crippen molar-refractivity contribution in [2.75, 3.05) is 6.61 Å². The van der Waals surface area contributed by atoms with Gasteiger partial charge in [0.25, 0.3) is 10.1 Å². The van der Waals surface area contributed by atoms with E-state index < -0.39 is 15.4 Å². The lowest BCUT2D eigenvalue weighted by Gasteiger charge is -2.07. The lowest BCUT2D eigenvalue weighted by atomic mass is 10.2. The van der Waals surface area contributed by atoms with Crippen LogP contribution in [0.2, 0.25) is 0 Å². The number of hydrogen-bond donors (Lipinski definition) is 0. The van der Waals surface area contributed by atoms with Crippen LogP contribution in [0.25, 0.3) is 0 Å². The summed E-state index contributed by atoms with van der Waals surface area (Å²) in [7, 11) is -3.29. The van der Waals surface area contributed by atoms with E-state index in [9.17, 15) is 8.42 Å². The Morgan fingerprint density at radius 3 is 2.14 bits per heavy atom. The molecule has 0 unspecified atom stereocenters. The van der Waals surface area contributed by atoms with Gasteiger partial charge in [0.15, 0.2) is 0 Å². The third-order valence-electron chi connectivity index (χ3n) is 2.07. The number of rotatable bonds is 8. The molecule has 0 aromatic carbocycles. The van der Waals surface area contributed by atoms with Gasteiger partial charge in [-0.3, -0.25) is 4.18 Å². The van der Waals surface area contributed by atoms with E-state index in [0.29, 0.717) is 6.61 Å². The zero-order valence-electron chi connectivity index (χ0n) is 9.45. The summed E-state index contributed by atoms with van der Waals surface area (Å²) in [6.07, 6.45) is 5.48. The van der Waals surface area contributed by atoms with Gasteiger partial charge in [0, 0.05) is 0 Å². The molecular formula is C10H22O3S. The summed E-state index contributed by atoms with van der Waals surface area (Å²) in [6, 6.07) is 0. The topological polar surface area (TPSA) is 43.4 Å². The molecule has 0 aromatic rings. The van der Waals surface area contributed by atoms with Gasteiger partial charge in [-0.15, -0.1) is 0 Å². The molecule has 0 spiro atoms. The lowest BCUT2D eigenvalue weighted by Crippen LogP contribution is -2.17. The minimum absolute atomic E-state index is 0.338. The molecule has 0 saturated carbocycles. The first kappa shape index (κ1) is 13.9. The minimum atomic E-state index is -3.29. The zero-order valence-corrected chi connectivity index (χ0v) is 10.3. The fourth-order valence-corrected chi connectivity index (χ4v) is 1.64. The lowest BCUT2D eigenvalue weighted by molar-refractivity contribution is 0.302. The Bertz CT molecular complexity index is 220. The molecule has 0 aliphatic carbocycles. The van der Waals surface area contributed by atoms with Crippen LogP contribution in [0.3, 0.4) is 0 Å². The highest BCUT2D eigenvalue weighted by Crippen LogP contribution is 2.06. The van der Waals surface area contributed by atoms with Crippen molar-refractivity contribution in [1.82, 2.24) is 0 Å². The number of unbranched alkanes of at least 4 members (excludes halogenated alkanes) is 4. The van der Waals surface area contributed by atoms with E-state index in [0.717, 1.165) is 12.8 Å². The highest BCUT2D eigenvalue weighted by atomic mass is 32.2. The maximum Gasteiger partial charge on any atom is 0.269 e. The molecule has 14 heavy (non-hydrogen) atoms. The molecule has 0 fully saturated rings. The average molecular weight is 222 g/mol. The van der Waals surface area contributed by atoms with Crippen LogP contribution in [0.4, 0.5) is 0 Å². The first-order valence-electron chi connectivity index (χ1n) is 5.39. The third kappa shape index (κ3) is 6.38. The van der Waals surface area contributed by atoms with Crippen molar-refractivity contribution in [2.24, 2.45) is 0 Å². The summed E-state index contributed by atoms with van der Waals surface area (Å²) in [5.41, 5.74) is 0. The monoisotopic (exact) mass is 222 g/mol. The molecule has 0 amide bonds. The Morgan fingerprint density at radius 1 is 1.07 bits per heavy atom. The van der Waals surface area contributed by atoms with Gasteiger partial charge in [-0.25, -0.2) is 0 Å². The quantitative estimate of drug-likeness (QED) is 0.468. The van der Waals surface area contributed by atoms with Crippen molar-refractivity contribution < 1.29 is 12.6 Å². The average Bonchev–Trinajstić information content (AvgIpc) is 2.10. The standard InChI is InChI=1S/C10H22O3S/c1-4-5-6-7-8-9-13-14(11,12)10(2)3/h10H,4-9H2,1-3H3. The third-order valence-corrected chi connectivity index (χ3v) is 3.72. The molecular weight excluding hydrogens is 200 g/mol. The Balaban J connectivity index is 3.46. The molecule has 0 rings (SSSR count). The summed E-state index contributed by atoms with van der Waals surface area (Å²) >= 11 is 0. The minimum Gasteiger partial charge on any atom is -0.270 e. The second-order valence-electron chi connectivity index (χ2n) is 3.78. The normalized spacial score (nSPS) is 12.3. The van der Waals surface area contributed by atoms with Crippen LogP contribution >= 0.6 is 0 Å². The van der Waals surface area contributed by atoms with Crippen LogP contribution in [0.1, 0.15) is 52.9 Å². The molecule has 3 nitrogen and oxygen atoms in total. The summed E-state index contributed by atoms with van der Waals surface area (Å²) in [5.74, 6) is 0. The van der Waals surface area contributed by atoms with Gasteiger partial charge in [-0.2, -0.15) is 8.42 Å². The molecule has 0 heterocycles. The van der Waals surface area contributed by atoms with Crippen molar-refractivity contribution in [1.29, 1.82) is 0 Å². The van der Waals surface area contributed by atoms with Crippen LogP contribution in [0, 0.1) is 0 Å². The van der Waals surface area contributed by atoms with Crippen molar-refractivity contribution >= 4 is 10.1 Å². The first-order valence-corrected chi connectivity index (χ1v) is 6.86. The van der Waals surface area contributed by atoms with E-state index in [2.05, 4.69) is 6.92 Å². The van der Waals surface area contributed by atoms with Crippen LogP contribution in [0.15, 0.2) is 0 Å². The Morgan fingerprint density at radius 2 is 1.64 bits per heavy atom. The van der Waals surface area contributed by atoms with Crippen LogP contribution < -0.4 is 0 Å². The van der Waals surface area contributed by atoms with Gasteiger partial charge in [-0.05, 0) is 20.3 Å². The molecule has 4 heteroatoms. The smallest absolute Gasteiger partial charge is 0.269 e. The highest BCUT2D eigenvalue weighted by molar-refractivity contribution is 7.87. The van der Waals surface area contributed by atoms with E-state index in [4.69, 9.17) is 4.18 Å². The summed E-state index contributed by atoms with van der Waals surface area (Å²) in [6.45, 7) is 5.75. The summed E-state index contributed by atoms with van der Waals surface area (Å²) in [5, 5.41) is -0.432. The molecule has 0 radical (unpaired) electrons. The van der Waals surface area contributed by atoms with Gasteiger partial charge in [0.05, 0.1) is 11.9 Å². The second kappa shape index (κ2) is 7.23. The van der Waals surface area contributed by atoms with E-state index in [1.807, 2.05) is 0 Å². The maximum atomic E-state index is 11.2. The summed E-state index contributed by atoms with van der Waals surface area (Å²) in [4.78, 5) is 0. The Hall–Kier alpha value is -0.0900. The zero-order chi connectivity index (χ0) is 11.0. The van der Waals surface area contributed by atoms with E-state index in [-0.39, 0.29) is 0 Å². The van der Waals surface area contributed by atoms with Gasteiger partial charge >= 0.3 is 0 Å². The summed E-state index contributed by atoms with van der Waals surface area (Å²) < 4.78 is 27.2. The second-order valence-corrected chi connectivity index (χ2v) is 5.94. The fourth-order valence-electron chi connectivity index (χ4n) is 1.02. The van der Waals surface area contributed by atoms with Gasteiger partial charge < -0.3 is 0 Å². The molecule has 0 atom stereocenters. The van der Waals surface area contributed by atoms with Crippen molar-refractivity contribution in [3.8, 4) is 0 Å². The molecule has 0 N–H and O–H groups in total. The van der Waals surface area contributed by atoms with Crippen LogP contribution in [0.5, 0.6) is 0 Å². The SMILES string of the molecule is CCCCCCCOS(=O)(=O)C(C)C. The van der Waals surface area contributed by atoms with E-state index in [1.165, 1.54) is 19.3 Å². The molecule has 0 aliphatic rings. The predicted molar refractivity (Wildman–Crippen MR) is 58.8 cm³/mol. The van der Waals surface area contributed by atoms with Gasteiger partial charge in [-0.1, -0.05) is 32.6 Å². The molecule has 0 aliphatic heterocycles. The van der Waals surface area contributed by atoms with Crippen molar-refractivity contribution in [3.63, 3.8) is 0 Å². The first-order chi connectivity index (χ1) is 6.50. The van der Waals surface area contributed by atoms with Crippen molar-refractivity contribution in [3.05, 3.63) is 0 Å². The van der Waals surface area contributed by atoms with Gasteiger partial charge in [0.1, 0.15) is 0 Å². The molecule has 0 aromatic heterocycles. The Kier molecular flexibility index (Phi) is 7.19. The molecule has 0 bridgehead atoms. The maximum absolute atomic E-state index is 11.2. The Labute approximate surface area is 88.0 Å². The van der Waals surface area contributed by atoms with Gasteiger partial charge in [0.2, 0.25) is 0 Å². The fraction of sp³-hybridized carbons (Fsp3) is 1.00. The predicted octanol–water partition coefficient (Wildman–Crippen LogP) is 2.71. The highest BCUT2D eigenvalue weighted by Gasteiger charge is 2.15. The van der Waals surface area contributed by atoms with Crippen molar-refractivity contribution in [2.45, 2.75) is 58.1 Å². The van der Waals surface area contributed by atoms with Crippen LogP contribution in [-0.4, -0.2) is 20.3 Å². The largest absolute Gasteiger partial charge is 0.270 e. The molecule has 86 valence electrons. The molecule has 0 saturated heterocycles. The van der Waals surface area contributed by atoms with E-state index in [1.54, 1.807) is 13.8 Å². The van der Waals surface area contributed by atoms with E-state index >= 15 is 0 Å². The number of hydrogen-bond acceptors (Lipinski definition) is 3. The van der Waals surface area contributed by atoms with Crippen LogP contribution in [-0.2, 0) is 14.3 Å².